The predicted molar refractivity (Wildman–Crippen MR) is 162 cm³/mol. The second kappa shape index (κ2) is 9.66. The maximum absolute atomic E-state index is 14.0. The third kappa shape index (κ3) is 4.42. The molecule has 1 aliphatic heterocycles. The van der Waals surface area contributed by atoms with Crippen molar-refractivity contribution < 1.29 is 9.59 Å². The Labute approximate surface area is 244 Å². The molecule has 5 aromatic rings. The molecule has 7 rings (SSSR count). The summed E-state index contributed by atoms with van der Waals surface area (Å²) in [6.07, 6.45) is 3.01. The second-order valence-electron chi connectivity index (χ2n) is 11.0. The van der Waals surface area contributed by atoms with Crippen molar-refractivity contribution in [2.45, 2.75) is 45.3 Å². The Morgan fingerprint density at radius 1 is 1.05 bits per heavy atom. The van der Waals surface area contributed by atoms with Crippen LogP contribution in [0.2, 0.25) is 0 Å². The van der Waals surface area contributed by atoms with Gasteiger partial charge in [-0.25, -0.2) is 15.0 Å². The molecule has 41 heavy (non-hydrogen) atoms. The third-order valence-electron chi connectivity index (χ3n) is 8.29. The highest BCUT2D eigenvalue weighted by Crippen LogP contribution is 2.48. The van der Waals surface area contributed by atoms with Crippen LogP contribution in [0, 0.1) is 19.8 Å². The Morgan fingerprint density at radius 3 is 2.63 bits per heavy atom. The van der Waals surface area contributed by atoms with Crippen LogP contribution in [0.4, 0.5) is 11.6 Å². The highest BCUT2D eigenvalue weighted by Gasteiger charge is 2.56. The number of carbonyl (C=O) groups excluding carboxylic acids is 2. The fraction of sp³-hybridized carbons (Fsp3) is 0.258. The van der Waals surface area contributed by atoms with Gasteiger partial charge in [0.15, 0.2) is 0 Å². The lowest BCUT2D eigenvalue weighted by molar-refractivity contribution is -0.138. The topological polar surface area (TPSA) is 119 Å². The van der Waals surface area contributed by atoms with E-state index < -0.39 is 6.04 Å². The van der Waals surface area contributed by atoms with E-state index in [1.165, 1.54) is 11.9 Å². The molecule has 9 nitrogen and oxygen atoms in total. The third-order valence-corrected chi connectivity index (χ3v) is 8.73. The predicted octanol–water partition coefficient (Wildman–Crippen LogP) is 5.24. The summed E-state index contributed by atoms with van der Waals surface area (Å²) in [7, 11) is 0. The quantitative estimate of drug-likeness (QED) is 0.263. The second-order valence-corrected chi connectivity index (χ2v) is 11.9. The van der Waals surface area contributed by atoms with Crippen molar-refractivity contribution in [2.24, 2.45) is 5.92 Å². The van der Waals surface area contributed by atoms with Crippen LogP contribution >= 0.6 is 15.9 Å². The molecule has 0 spiro atoms. The maximum Gasteiger partial charge on any atom is 0.248 e. The lowest BCUT2D eigenvalue weighted by Gasteiger charge is -2.27. The Hall–Kier alpha value is -4.31. The van der Waals surface area contributed by atoms with E-state index in [9.17, 15) is 9.59 Å². The summed E-state index contributed by atoms with van der Waals surface area (Å²) < 4.78 is 2.56. The largest absolute Gasteiger partial charge is 0.383 e. The number of aryl methyl sites for hydroxylation is 2. The zero-order chi connectivity index (χ0) is 28.4. The van der Waals surface area contributed by atoms with Crippen molar-refractivity contribution in [3.8, 4) is 11.1 Å². The molecule has 1 unspecified atom stereocenters. The van der Waals surface area contributed by atoms with Gasteiger partial charge in [0, 0.05) is 11.4 Å². The van der Waals surface area contributed by atoms with Crippen LogP contribution < -0.4 is 11.1 Å². The van der Waals surface area contributed by atoms with Crippen molar-refractivity contribution in [1.29, 1.82) is 0 Å². The van der Waals surface area contributed by atoms with Crippen LogP contribution in [0.3, 0.4) is 0 Å². The lowest BCUT2D eigenvalue weighted by Crippen LogP contribution is -2.46. The van der Waals surface area contributed by atoms with Crippen LogP contribution in [-0.2, 0) is 16.1 Å². The molecule has 3 aromatic heterocycles. The minimum Gasteiger partial charge on any atom is -0.383 e. The normalized spacial score (nSPS) is 19.5. The number of nitrogens with one attached hydrogen (secondary N) is 1. The Bertz CT molecular complexity index is 1870. The number of aromatic nitrogens is 4. The fourth-order valence-corrected chi connectivity index (χ4v) is 6.65. The number of rotatable bonds is 5. The van der Waals surface area contributed by atoms with E-state index in [1.54, 1.807) is 17.0 Å². The smallest absolute Gasteiger partial charge is 0.248 e. The average Bonchev–Trinajstić information content (AvgIpc) is 3.48. The molecule has 4 heterocycles. The van der Waals surface area contributed by atoms with Crippen molar-refractivity contribution in [2.75, 3.05) is 11.1 Å². The van der Waals surface area contributed by atoms with E-state index in [-0.39, 0.29) is 24.4 Å². The molecule has 0 bridgehead atoms. The van der Waals surface area contributed by atoms with Gasteiger partial charge in [-0.2, -0.15) is 0 Å². The molecule has 0 radical (unpaired) electrons. The first-order valence-corrected chi connectivity index (χ1v) is 14.4. The number of amides is 2. The molecule has 2 aliphatic rings. The highest BCUT2D eigenvalue weighted by atomic mass is 79.9. The number of nitrogens with zero attached hydrogens (tertiary/aromatic N) is 5. The van der Waals surface area contributed by atoms with Crippen LogP contribution in [0.15, 0.2) is 65.5 Å². The van der Waals surface area contributed by atoms with Crippen molar-refractivity contribution >= 4 is 61.3 Å². The highest BCUT2D eigenvalue weighted by molar-refractivity contribution is 9.10. The average molecular weight is 611 g/mol. The number of benzene rings is 2. The van der Waals surface area contributed by atoms with Crippen molar-refractivity contribution in [1.82, 2.24) is 24.4 Å². The van der Waals surface area contributed by atoms with E-state index in [0.29, 0.717) is 34.2 Å². The minimum absolute atomic E-state index is 0.0449. The lowest BCUT2D eigenvalue weighted by atomic mass is 9.99. The number of halogens is 1. The minimum atomic E-state index is -0.547. The maximum atomic E-state index is 14.0. The van der Waals surface area contributed by atoms with Gasteiger partial charge in [0.05, 0.1) is 10.9 Å². The summed E-state index contributed by atoms with van der Waals surface area (Å²) in [5.41, 5.74) is 12.2. The molecular weight excluding hydrogens is 582 g/mol. The van der Waals surface area contributed by atoms with Gasteiger partial charge in [-0.05, 0) is 89.5 Å². The van der Waals surface area contributed by atoms with Crippen molar-refractivity contribution in [3.63, 3.8) is 0 Å². The molecule has 206 valence electrons. The molecular formula is C31H28BrN7O2. The van der Waals surface area contributed by atoms with Crippen LogP contribution in [0.25, 0.3) is 33.1 Å². The first-order chi connectivity index (χ1) is 19.8. The molecule has 1 aliphatic carbocycles. The summed E-state index contributed by atoms with van der Waals surface area (Å²) in [4.78, 5) is 42.3. The number of anilines is 2. The summed E-state index contributed by atoms with van der Waals surface area (Å²) >= 11 is 3.34. The number of carbonyl (C=O) groups is 2. The number of fused-ring (bicyclic) bond motifs is 4. The van der Waals surface area contributed by atoms with E-state index in [0.717, 1.165) is 39.4 Å². The van der Waals surface area contributed by atoms with Gasteiger partial charge in [0.25, 0.3) is 0 Å². The SMILES string of the molecule is Cc1ccc(-c2cc(C)c3c(c2)c2c(N)ncnc2n3CC(=O)N2C3C[C@@H]3C[C@H]2C(=O)Nc2cccc(Br)n2)cc1. The molecule has 3 atom stereocenters. The standard InChI is InChI=1S/C31H28BrN7O2/c1-16-6-8-18(9-7-16)19-10-17(2)28-21(11-19)27-29(33)34-15-35-30(27)38(28)14-26(40)39-22-12-20(22)13-23(39)31(41)37-25-5-3-4-24(32)36-25/h3-11,15,20,22-23H,12-14H2,1-2H3,(H2,33,34,35)(H,36,37,41)/t20-,22?,23+/m1/s1. The number of hydrogen-bond donors (Lipinski definition) is 2. The number of pyridine rings is 1. The molecule has 10 heteroatoms. The van der Waals surface area contributed by atoms with Gasteiger partial charge in [0.1, 0.15) is 40.8 Å². The zero-order valence-corrected chi connectivity index (χ0v) is 24.2. The number of likely N-dealkylation sites (tertiary alicyclic amines) is 1. The zero-order valence-electron chi connectivity index (χ0n) is 22.6. The van der Waals surface area contributed by atoms with Crippen molar-refractivity contribution in [3.05, 3.63) is 76.7 Å². The van der Waals surface area contributed by atoms with Gasteiger partial charge in [0.2, 0.25) is 11.8 Å². The molecule has 2 aromatic carbocycles. The molecule has 2 amide bonds. The van der Waals surface area contributed by atoms with E-state index in [1.807, 2.05) is 17.6 Å². The van der Waals surface area contributed by atoms with Crippen LogP contribution in [-0.4, -0.2) is 48.3 Å². The van der Waals surface area contributed by atoms with Gasteiger partial charge >= 0.3 is 0 Å². The summed E-state index contributed by atoms with van der Waals surface area (Å²) in [5, 5.41) is 4.53. The fourth-order valence-electron chi connectivity index (χ4n) is 6.31. The number of nitrogen functional groups attached to an aromatic ring is 1. The molecule has 1 saturated heterocycles. The van der Waals surface area contributed by atoms with Crippen LogP contribution in [0.1, 0.15) is 24.0 Å². The first kappa shape index (κ1) is 25.6. The number of piperidine rings is 1. The summed E-state index contributed by atoms with van der Waals surface area (Å²) in [5.74, 6) is 0.833. The molecule has 1 saturated carbocycles. The van der Waals surface area contributed by atoms with Gasteiger partial charge in [-0.1, -0.05) is 35.9 Å². The molecule has 2 fully saturated rings. The summed E-state index contributed by atoms with van der Waals surface area (Å²) in [6, 6.07) is 17.5. The van der Waals surface area contributed by atoms with Gasteiger partial charge < -0.3 is 20.5 Å². The Kier molecular flexibility index (Phi) is 6.04. The number of hydrogen-bond acceptors (Lipinski definition) is 6. The summed E-state index contributed by atoms with van der Waals surface area (Å²) in [6.45, 7) is 4.15. The Morgan fingerprint density at radius 2 is 1.85 bits per heavy atom. The van der Waals surface area contributed by atoms with E-state index >= 15 is 0 Å². The van der Waals surface area contributed by atoms with Gasteiger partial charge in [-0.15, -0.1) is 0 Å². The van der Waals surface area contributed by atoms with E-state index in [2.05, 4.69) is 79.5 Å². The molecule has 3 N–H and O–H groups in total. The van der Waals surface area contributed by atoms with E-state index in [4.69, 9.17) is 5.73 Å². The van der Waals surface area contributed by atoms with Gasteiger partial charge in [-0.3, -0.25) is 9.59 Å². The first-order valence-electron chi connectivity index (χ1n) is 13.6. The monoisotopic (exact) mass is 609 g/mol. The number of nitrogens with two attached hydrogens (primary N) is 1. The van der Waals surface area contributed by atoms with Crippen LogP contribution in [0.5, 0.6) is 0 Å². The Balaban J connectivity index is 1.26.